The second-order valence-corrected chi connectivity index (χ2v) is 4.09. The number of carbonyl (C=O) groups is 1. The van der Waals surface area contributed by atoms with E-state index in [4.69, 9.17) is 0 Å². The second kappa shape index (κ2) is 4.72. The highest BCUT2D eigenvalue weighted by molar-refractivity contribution is 7.11. The monoisotopic (exact) mass is 230 g/mol. The first-order valence-electron chi connectivity index (χ1n) is 4.65. The predicted octanol–water partition coefficient (Wildman–Crippen LogP) is 1.86. The minimum atomic E-state index is -1.17. The Balaban J connectivity index is 2.14. The minimum Gasteiger partial charge on any atom is -0.545 e. The lowest BCUT2D eigenvalue weighted by Gasteiger charge is -2.01. The molecule has 1 heterocycles. The van der Waals surface area contributed by atoms with Crippen molar-refractivity contribution in [2.24, 2.45) is 4.99 Å². The molecular formula is C12H8NO2S-. The molecule has 80 valence electrons. The van der Waals surface area contributed by atoms with Gasteiger partial charge in [-0.25, -0.2) is 0 Å². The van der Waals surface area contributed by atoms with Gasteiger partial charge in [-0.3, -0.25) is 4.99 Å². The van der Waals surface area contributed by atoms with Gasteiger partial charge >= 0.3 is 0 Å². The molecule has 2 aromatic rings. The van der Waals surface area contributed by atoms with Crippen LogP contribution >= 0.6 is 11.3 Å². The molecule has 3 nitrogen and oxygen atoms in total. The average Bonchev–Trinajstić information content (AvgIpc) is 2.80. The summed E-state index contributed by atoms with van der Waals surface area (Å²) in [6, 6.07) is 10.2. The smallest absolute Gasteiger partial charge is 0.0715 e. The normalized spacial score (nSPS) is 10.8. The molecule has 0 saturated carbocycles. The van der Waals surface area contributed by atoms with Crippen LogP contribution in [0.1, 0.15) is 15.2 Å². The molecule has 0 amide bonds. The molecule has 0 fully saturated rings. The van der Waals surface area contributed by atoms with Gasteiger partial charge in [0, 0.05) is 11.1 Å². The molecule has 0 saturated heterocycles. The fraction of sp³-hybridized carbons (Fsp3) is 0. The van der Waals surface area contributed by atoms with Crippen LogP contribution in [0.25, 0.3) is 0 Å². The van der Waals surface area contributed by atoms with E-state index in [1.54, 1.807) is 29.7 Å². The molecule has 1 aromatic carbocycles. The van der Waals surface area contributed by atoms with E-state index in [1.165, 1.54) is 12.1 Å². The summed E-state index contributed by atoms with van der Waals surface area (Å²) in [5.41, 5.74) is 0.883. The summed E-state index contributed by atoms with van der Waals surface area (Å²) in [7, 11) is 0. The van der Waals surface area contributed by atoms with Gasteiger partial charge in [0.1, 0.15) is 0 Å². The Morgan fingerprint density at radius 1 is 1.25 bits per heavy atom. The predicted molar refractivity (Wildman–Crippen MR) is 62.3 cm³/mol. The van der Waals surface area contributed by atoms with Crippen LogP contribution in [-0.2, 0) is 0 Å². The Labute approximate surface area is 96.7 Å². The Kier molecular flexibility index (Phi) is 3.12. The Morgan fingerprint density at radius 2 is 2.00 bits per heavy atom. The zero-order valence-corrected chi connectivity index (χ0v) is 9.11. The van der Waals surface area contributed by atoms with Gasteiger partial charge in [0.2, 0.25) is 0 Å². The zero-order valence-electron chi connectivity index (χ0n) is 8.29. The third-order valence-corrected chi connectivity index (χ3v) is 2.79. The SMILES string of the molecule is O=C([O-])c1ccc(N=Cc2cccs2)cc1. The highest BCUT2D eigenvalue weighted by Crippen LogP contribution is 2.14. The Morgan fingerprint density at radius 3 is 2.56 bits per heavy atom. The quantitative estimate of drug-likeness (QED) is 0.756. The first-order chi connectivity index (χ1) is 7.75. The van der Waals surface area contributed by atoms with Crippen molar-refractivity contribution in [2.45, 2.75) is 0 Å². The van der Waals surface area contributed by atoms with Crippen molar-refractivity contribution in [1.82, 2.24) is 0 Å². The summed E-state index contributed by atoms with van der Waals surface area (Å²) in [5, 5.41) is 12.5. The molecule has 0 spiro atoms. The molecule has 0 aliphatic carbocycles. The van der Waals surface area contributed by atoms with E-state index >= 15 is 0 Å². The van der Waals surface area contributed by atoms with Gasteiger partial charge < -0.3 is 9.90 Å². The fourth-order valence-electron chi connectivity index (χ4n) is 1.19. The third kappa shape index (κ3) is 2.55. The summed E-state index contributed by atoms with van der Waals surface area (Å²) < 4.78 is 0. The summed E-state index contributed by atoms with van der Waals surface area (Å²) >= 11 is 1.60. The van der Waals surface area contributed by atoms with Crippen molar-refractivity contribution in [3.8, 4) is 0 Å². The van der Waals surface area contributed by atoms with Crippen LogP contribution in [0.2, 0.25) is 0 Å². The summed E-state index contributed by atoms with van der Waals surface area (Å²) in [4.78, 5) is 15.8. The molecule has 0 unspecified atom stereocenters. The number of thiophene rings is 1. The van der Waals surface area contributed by atoms with E-state index in [-0.39, 0.29) is 5.56 Å². The van der Waals surface area contributed by atoms with E-state index in [0.717, 1.165) is 10.6 Å². The van der Waals surface area contributed by atoms with E-state index in [0.29, 0.717) is 0 Å². The topological polar surface area (TPSA) is 52.5 Å². The largest absolute Gasteiger partial charge is 0.545 e. The molecule has 0 aliphatic heterocycles. The first kappa shape index (κ1) is 10.6. The Bertz CT molecular complexity index is 500. The van der Waals surface area contributed by atoms with Crippen LogP contribution in [0.15, 0.2) is 46.8 Å². The number of benzene rings is 1. The summed E-state index contributed by atoms with van der Waals surface area (Å²) in [6.45, 7) is 0. The van der Waals surface area contributed by atoms with Crippen molar-refractivity contribution in [1.29, 1.82) is 0 Å². The molecule has 4 heteroatoms. The lowest BCUT2D eigenvalue weighted by atomic mass is 10.2. The van der Waals surface area contributed by atoms with E-state index < -0.39 is 5.97 Å². The van der Waals surface area contributed by atoms with Crippen LogP contribution in [-0.4, -0.2) is 12.2 Å². The number of carbonyl (C=O) groups excluding carboxylic acids is 1. The third-order valence-electron chi connectivity index (χ3n) is 1.99. The summed E-state index contributed by atoms with van der Waals surface area (Å²) in [5.74, 6) is -1.17. The minimum absolute atomic E-state index is 0.162. The number of carboxylic acids is 1. The maximum absolute atomic E-state index is 10.5. The number of hydrogen-bond donors (Lipinski definition) is 0. The van der Waals surface area contributed by atoms with Crippen molar-refractivity contribution in [3.05, 3.63) is 52.2 Å². The molecule has 2 rings (SSSR count). The standard InChI is InChI=1S/C12H9NO2S/c14-12(15)9-3-5-10(6-4-9)13-8-11-2-1-7-16-11/h1-8H,(H,14,15)/p-1. The maximum atomic E-state index is 10.5. The van der Waals surface area contributed by atoms with E-state index in [1.807, 2.05) is 17.5 Å². The molecule has 1 aromatic heterocycles. The van der Waals surface area contributed by atoms with Gasteiger partial charge in [0.15, 0.2) is 0 Å². The Hall–Kier alpha value is -1.94. The number of aliphatic imine (C=N–C) groups is 1. The average molecular weight is 230 g/mol. The summed E-state index contributed by atoms with van der Waals surface area (Å²) in [6.07, 6.45) is 1.75. The molecule has 0 atom stereocenters. The molecular weight excluding hydrogens is 222 g/mol. The van der Waals surface area contributed by atoms with Crippen molar-refractivity contribution >= 4 is 29.2 Å². The number of hydrogen-bond acceptors (Lipinski definition) is 4. The van der Waals surface area contributed by atoms with E-state index in [2.05, 4.69) is 4.99 Å². The van der Waals surface area contributed by atoms with Gasteiger partial charge in [0.25, 0.3) is 0 Å². The lowest BCUT2D eigenvalue weighted by Crippen LogP contribution is -2.21. The van der Waals surface area contributed by atoms with Gasteiger partial charge in [-0.2, -0.15) is 0 Å². The van der Waals surface area contributed by atoms with Gasteiger partial charge in [-0.1, -0.05) is 18.2 Å². The van der Waals surface area contributed by atoms with Gasteiger partial charge in [-0.05, 0) is 29.1 Å². The molecule has 0 N–H and O–H groups in total. The van der Waals surface area contributed by atoms with E-state index in [9.17, 15) is 9.90 Å². The maximum Gasteiger partial charge on any atom is 0.0715 e. The second-order valence-electron chi connectivity index (χ2n) is 3.11. The highest BCUT2D eigenvalue weighted by atomic mass is 32.1. The van der Waals surface area contributed by atoms with Crippen molar-refractivity contribution in [3.63, 3.8) is 0 Å². The molecule has 0 aliphatic rings. The lowest BCUT2D eigenvalue weighted by molar-refractivity contribution is -0.255. The van der Waals surface area contributed by atoms with Crippen molar-refractivity contribution < 1.29 is 9.90 Å². The van der Waals surface area contributed by atoms with Crippen LogP contribution in [0.5, 0.6) is 0 Å². The van der Waals surface area contributed by atoms with Gasteiger partial charge in [-0.15, -0.1) is 11.3 Å². The van der Waals surface area contributed by atoms with Crippen LogP contribution in [0, 0.1) is 0 Å². The van der Waals surface area contributed by atoms with Crippen LogP contribution in [0.4, 0.5) is 5.69 Å². The van der Waals surface area contributed by atoms with Crippen LogP contribution < -0.4 is 5.11 Å². The van der Waals surface area contributed by atoms with Gasteiger partial charge in [0.05, 0.1) is 11.7 Å². The number of carboxylic acid groups (broad SMARTS) is 1. The van der Waals surface area contributed by atoms with Crippen molar-refractivity contribution in [2.75, 3.05) is 0 Å². The fourth-order valence-corrected chi connectivity index (χ4v) is 1.77. The molecule has 0 radical (unpaired) electrons. The number of nitrogens with zero attached hydrogens (tertiary/aromatic N) is 1. The molecule has 0 bridgehead atoms. The first-order valence-corrected chi connectivity index (χ1v) is 5.52. The zero-order chi connectivity index (χ0) is 11.4. The number of aromatic carboxylic acids is 1. The highest BCUT2D eigenvalue weighted by Gasteiger charge is 1.93. The van der Waals surface area contributed by atoms with Crippen LogP contribution in [0.3, 0.4) is 0 Å². The molecule has 16 heavy (non-hydrogen) atoms. The number of rotatable bonds is 3.